The highest BCUT2D eigenvalue weighted by Gasteiger charge is 2.08. The number of nitrogens with one attached hydrogen (secondary N) is 1. The smallest absolute Gasteiger partial charge is 0.295 e. The van der Waals surface area contributed by atoms with E-state index in [1.807, 2.05) is 0 Å². The summed E-state index contributed by atoms with van der Waals surface area (Å²) in [5.41, 5.74) is 0. The van der Waals surface area contributed by atoms with Crippen LogP contribution in [0.2, 0.25) is 0 Å². The Morgan fingerprint density at radius 3 is 2.75 bits per heavy atom. The number of rotatable bonds is 1. The summed E-state index contributed by atoms with van der Waals surface area (Å²) in [6.07, 6.45) is 2.53. The van der Waals surface area contributed by atoms with E-state index in [4.69, 9.17) is 0 Å². The number of nitrogens with zero attached hydrogens (tertiary/aromatic N) is 1. The molecule has 1 N–H and O–H groups in total. The summed E-state index contributed by atoms with van der Waals surface area (Å²) in [5, 5.41) is 2.46. The highest BCUT2D eigenvalue weighted by atomic mass is 16.1. The molecule has 1 heterocycles. The van der Waals surface area contributed by atoms with Gasteiger partial charge in [0.2, 0.25) is 0 Å². The Morgan fingerprint density at radius 1 is 1.50 bits per heavy atom. The van der Waals surface area contributed by atoms with Crippen LogP contribution in [0.3, 0.4) is 0 Å². The monoisotopic (exact) mass is 166 g/mol. The lowest BCUT2D eigenvalue weighted by atomic mass is 10.4. The molecule has 66 valence electrons. The van der Waals surface area contributed by atoms with Crippen molar-refractivity contribution in [1.29, 1.82) is 0 Å². The molecule has 0 aromatic rings. The molecule has 1 aliphatic rings. The van der Waals surface area contributed by atoms with Gasteiger partial charge in [0.05, 0.1) is 6.54 Å². The Labute approximate surface area is 73.1 Å². The van der Waals surface area contributed by atoms with Crippen molar-refractivity contribution in [3.8, 4) is 11.8 Å². The molecule has 1 saturated heterocycles. The summed E-state index contributed by atoms with van der Waals surface area (Å²) in [7, 11) is 1.59. The number of carbonyl (C=O) groups excluding carboxylic acids is 1. The summed E-state index contributed by atoms with van der Waals surface area (Å²) in [5.74, 6) is 5.16. The Kier molecular flexibility index (Phi) is 3.62. The highest BCUT2D eigenvalue weighted by Crippen LogP contribution is 2.05. The van der Waals surface area contributed by atoms with Gasteiger partial charge >= 0.3 is 0 Å². The summed E-state index contributed by atoms with van der Waals surface area (Å²) in [4.78, 5) is 12.9. The number of carbonyl (C=O) groups is 1. The first-order chi connectivity index (χ1) is 5.83. The van der Waals surface area contributed by atoms with Crippen molar-refractivity contribution < 1.29 is 4.79 Å². The van der Waals surface area contributed by atoms with Gasteiger partial charge in [0, 0.05) is 7.05 Å². The summed E-state index contributed by atoms with van der Waals surface area (Å²) in [6.45, 7) is 2.98. The third kappa shape index (κ3) is 2.93. The molecule has 0 aromatic carbocycles. The largest absolute Gasteiger partial charge is 0.348 e. The van der Waals surface area contributed by atoms with Crippen LogP contribution in [-0.2, 0) is 4.79 Å². The van der Waals surface area contributed by atoms with Crippen LogP contribution in [0, 0.1) is 11.8 Å². The van der Waals surface area contributed by atoms with Crippen molar-refractivity contribution in [1.82, 2.24) is 10.2 Å². The fourth-order valence-electron chi connectivity index (χ4n) is 1.23. The third-order valence-electron chi connectivity index (χ3n) is 1.93. The number of hydrogen-bond donors (Lipinski definition) is 1. The minimum atomic E-state index is -0.200. The van der Waals surface area contributed by atoms with Crippen LogP contribution in [0.25, 0.3) is 0 Å². The number of hydrogen-bond acceptors (Lipinski definition) is 2. The minimum absolute atomic E-state index is 0.200. The van der Waals surface area contributed by atoms with Gasteiger partial charge in [-0.15, -0.1) is 0 Å². The predicted molar refractivity (Wildman–Crippen MR) is 47.5 cm³/mol. The van der Waals surface area contributed by atoms with Crippen LogP contribution in [0.5, 0.6) is 0 Å². The van der Waals surface area contributed by atoms with E-state index in [0.29, 0.717) is 0 Å². The molecule has 0 saturated carbocycles. The van der Waals surface area contributed by atoms with E-state index in [0.717, 1.165) is 19.6 Å². The van der Waals surface area contributed by atoms with Crippen LogP contribution in [-0.4, -0.2) is 37.5 Å². The predicted octanol–water partition coefficient (Wildman–Crippen LogP) is -0.168. The van der Waals surface area contributed by atoms with Gasteiger partial charge in [-0.2, -0.15) is 0 Å². The second-order valence-electron chi connectivity index (χ2n) is 2.86. The highest BCUT2D eigenvalue weighted by molar-refractivity contribution is 5.93. The van der Waals surface area contributed by atoms with Gasteiger partial charge < -0.3 is 5.32 Å². The molecular weight excluding hydrogens is 152 g/mol. The molecule has 1 rings (SSSR count). The molecule has 0 radical (unpaired) electrons. The molecule has 3 heteroatoms. The van der Waals surface area contributed by atoms with E-state index >= 15 is 0 Å². The van der Waals surface area contributed by atoms with Crippen molar-refractivity contribution in [3.05, 3.63) is 0 Å². The average molecular weight is 166 g/mol. The molecule has 1 amide bonds. The summed E-state index contributed by atoms with van der Waals surface area (Å²) >= 11 is 0. The quantitative estimate of drug-likeness (QED) is 0.549. The molecule has 12 heavy (non-hydrogen) atoms. The maximum Gasteiger partial charge on any atom is 0.295 e. The van der Waals surface area contributed by atoms with Gasteiger partial charge in [0.1, 0.15) is 0 Å². The molecule has 1 aliphatic heterocycles. The fourth-order valence-corrected chi connectivity index (χ4v) is 1.23. The standard InChI is InChI=1S/C9H14N2O/c1-10-9(12)5-4-8-11-6-2-3-7-11/h2-3,6-8H2,1H3,(H,10,12). The molecule has 0 unspecified atom stereocenters. The van der Waals surface area contributed by atoms with E-state index < -0.39 is 0 Å². The van der Waals surface area contributed by atoms with E-state index in [2.05, 4.69) is 22.1 Å². The van der Waals surface area contributed by atoms with E-state index in [1.165, 1.54) is 12.8 Å². The Morgan fingerprint density at radius 2 is 2.17 bits per heavy atom. The molecule has 0 aromatic heterocycles. The lowest BCUT2D eigenvalue weighted by Gasteiger charge is -2.08. The average Bonchev–Trinajstić information content (AvgIpc) is 2.57. The SMILES string of the molecule is CNC(=O)C#CCN1CCCC1. The fraction of sp³-hybridized carbons (Fsp3) is 0.667. The van der Waals surface area contributed by atoms with Gasteiger partial charge in [0.15, 0.2) is 0 Å². The van der Waals surface area contributed by atoms with E-state index in [1.54, 1.807) is 7.05 Å². The van der Waals surface area contributed by atoms with E-state index in [-0.39, 0.29) is 5.91 Å². The summed E-state index contributed by atoms with van der Waals surface area (Å²) in [6, 6.07) is 0. The van der Waals surface area contributed by atoms with Crippen LogP contribution in [0.4, 0.5) is 0 Å². The molecule has 0 aliphatic carbocycles. The van der Waals surface area contributed by atoms with Crippen LogP contribution in [0.15, 0.2) is 0 Å². The van der Waals surface area contributed by atoms with Crippen LogP contribution in [0.1, 0.15) is 12.8 Å². The van der Waals surface area contributed by atoms with Crippen molar-refractivity contribution in [2.75, 3.05) is 26.7 Å². The van der Waals surface area contributed by atoms with Crippen molar-refractivity contribution in [3.63, 3.8) is 0 Å². The van der Waals surface area contributed by atoms with Crippen molar-refractivity contribution in [2.24, 2.45) is 0 Å². The van der Waals surface area contributed by atoms with E-state index in [9.17, 15) is 4.79 Å². The third-order valence-corrected chi connectivity index (χ3v) is 1.93. The van der Waals surface area contributed by atoms with Crippen molar-refractivity contribution >= 4 is 5.91 Å². The first-order valence-electron chi connectivity index (χ1n) is 4.26. The maximum atomic E-state index is 10.7. The first-order valence-corrected chi connectivity index (χ1v) is 4.26. The van der Waals surface area contributed by atoms with Crippen molar-refractivity contribution in [2.45, 2.75) is 12.8 Å². The van der Waals surface area contributed by atoms with Crippen LogP contribution < -0.4 is 5.32 Å². The molecule has 1 fully saturated rings. The van der Waals surface area contributed by atoms with Gasteiger partial charge in [-0.3, -0.25) is 9.69 Å². The second-order valence-corrected chi connectivity index (χ2v) is 2.86. The van der Waals surface area contributed by atoms with Gasteiger partial charge in [-0.05, 0) is 31.9 Å². The number of likely N-dealkylation sites (tertiary alicyclic amines) is 1. The molecule has 0 spiro atoms. The van der Waals surface area contributed by atoms with Gasteiger partial charge in [0.25, 0.3) is 5.91 Å². The van der Waals surface area contributed by atoms with Crippen LogP contribution >= 0.6 is 0 Å². The molecule has 0 bridgehead atoms. The second kappa shape index (κ2) is 4.78. The van der Waals surface area contributed by atoms with Gasteiger partial charge in [-0.1, -0.05) is 5.92 Å². The number of amides is 1. The lowest BCUT2D eigenvalue weighted by Crippen LogP contribution is -2.20. The summed E-state index contributed by atoms with van der Waals surface area (Å²) < 4.78 is 0. The van der Waals surface area contributed by atoms with Gasteiger partial charge in [-0.25, -0.2) is 0 Å². The first kappa shape index (κ1) is 9.08. The lowest BCUT2D eigenvalue weighted by molar-refractivity contribution is -0.115. The normalized spacial score (nSPS) is 16.8. The molecule has 0 atom stereocenters. The molecule has 3 nitrogen and oxygen atoms in total. The topological polar surface area (TPSA) is 32.3 Å². The zero-order valence-electron chi connectivity index (χ0n) is 7.39. The Balaban J connectivity index is 2.21. The zero-order valence-corrected chi connectivity index (χ0v) is 7.39. The Bertz CT molecular complexity index is 208. The zero-order chi connectivity index (χ0) is 8.81. The minimum Gasteiger partial charge on any atom is -0.348 e. The molecular formula is C9H14N2O. The maximum absolute atomic E-state index is 10.7. The Hall–Kier alpha value is -1.01.